The molecule has 0 saturated carbocycles. The second-order valence-electron chi connectivity index (χ2n) is 8.06. The number of quaternary nitrogens is 1. The fraction of sp³-hybridized carbons (Fsp3) is 0.333. The summed E-state index contributed by atoms with van der Waals surface area (Å²) >= 11 is 0. The van der Waals surface area contributed by atoms with E-state index in [1.54, 1.807) is 14.2 Å². The summed E-state index contributed by atoms with van der Waals surface area (Å²) < 4.78 is 12.1. The van der Waals surface area contributed by atoms with Crippen molar-refractivity contribution < 1.29 is 37.9 Å². The molecule has 3 aromatic carbocycles. The fourth-order valence-electron chi connectivity index (χ4n) is 4.35. The van der Waals surface area contributed by atoms with E-state index >= 15 is 0 Å². The van der Waals surface area contributed by atoms with Crippen LogP contribution in [0, 0.1) is 0 Å². The monoisotopic (exact) mass is 489 g/mol. The number of benzene rings is 3. The van der Waals surface area contributed by atoms with E-state index in [2.05, 4.69) is 68.7 Å². The first-order chi connectivity index (χ1) is 13.0. The predicted octanol–water partition coefficient (Wildman–Crippen LogP) is 1.78. The molecule has 1 unspecified atom stereocenters. The number of hydrogen-bond acceptors (Lipinski definition) is 2. The quantitative estimate of drug-likeness (QED) is 0.411. The van der Waals surface area contributed by atoms with E-state index in [0.717, 1.165) is 35.4 Å². The number of rotatable bonds is 4. The van der Waals surface area contributed by atoms with Gasteiger partial charge in [0.25, 0.3) is 0 Å². The molecule has 0 amide bonds. The lowest BCUT2D eigenvalue weighted by Crippen LogP contribution is -3.00. The van der Waals surface area contributed by atoms with Crippen LogP contribution in [0.5, 0.6) is 11.5 Å². The molecule has 0 aromatic heterocycles. The van der Waals surface area contributed by atoms with Crippen molar-refractivity contribution in [3.05, 3.63) is 71.3 Å². The first-order valence-electron chi connectivity index (χ1n) is 9.57. The molecule has 3 aromatic rings. The van der Waals surface area contributed by atoms with Crippen LogP contribution in [0.1, 0.15) is 22.7 Å². The zero-order chi connectivity index (χ0) is 19.0. The summed E-state index contributed by atoms with van der Waals surface area (Å²) in [4.78, 5) is 0. The van der Waals surface area contributed by atoms with Gasteiger partial charge in [0.15, 0.2) is 11.5 Å². The van der Waals surface area contributed by atoms with Gasteiger partial charge in [-0.1, -0.05) is 42.5 Å². The van der Waals surface area contributed by atoms with Crippen LogP contribution in [0.4, 0.5) is 0 Å². The lowest BCUT2D eigenvalue weighted by Gasteiger charge is -2.43. The number of hydrogen-bond donors (Lipinski definition) is 0. The Labute approximate surface area is 184 Å². The summed E-state index contributed by atoms with van der Waals surface area (Å²) in [7, 11) is 8.10. The van der Waals surface area contributed by atoms with Gasteiger partial charge in [0, 0.05) is 18.4 Å². The van der Waals surface area contributed by atoms with Gasteiger partial charge < -0.3 is 37.9 Å². The van der Waals surface area contributed by atoms with Crippen LogP contribution in [0.15, 0.2) is 54.6 Å². The average molecular weight is 489 g/mol. The Morgan fingerprint density at radius 2 is 1.57 bits per heavy atom. The number of fused-ring (bicyclic) bond motifs is 2. The molecule has 0 aliphatic carbocycles. The zero-order valence-corrected chi connectivity index (χ0v) is 19.2. The molecule has 28 heavy (non-hydrogen) atoms. The van der Waals surface area contributed by atoms with E-state index in [0.29, 0.717) is 6.04 Å². The van der Waals surface area contributed by atoms with Gasteiger partial charge in [-0.2, -0.15) is 0 Å². The number of nitrogens with zero attached hydrogens (tertiary/aromatic N) is 1. The summed E-state index contributed by atoms with van der Waals surface area (Å²) in [5.74, 6) is 1.65. The summed E-state index contributed by atoms with van der Waals surface area (Å²) in [5.41, 5.74) is 4.15. The molecule has 4 heteroatoms. The first kappa shape index (κ1) is 20.9. The molecule has 1 atom stereocenters. The Balaban J connectivity index is 0.00000225. The highest BCUT2D eigenvalue weighted by Crippen LogP contribution is 2.41. The van der Waals surface area contributed by atoms with Crippen molar-refractivity contribution in [2.75, 3.05) is 34.9 Å². The van der Waals surface area contributed by atoms with Gasteiger partial charge in [0.1, 0.15) is 6.04 Å². The third-order valence-corrected chi connectivity index (χ3v) is 6.05. The summed E-state index contributed by atoms with van der Waals surface area (Å²) in [6.45, 7) is 1.13. The van der Waals surface area contributed by atoms with Crippen molar-refractivity contribution in [3.8, 4) is 11.5 Å². The Hall–Kier alpha value is -1.79. The first-order valence-corrected chi connectivity index (χ1v) is 9.57. The Morgan fingerprint density at radius 3 is 2.29 bits per heavy atom. The molecule has 1 aliphatic rings. The van der Waals surface area contributed by atoms with Gasteiger partial charge in [-0.25, -0.2) is 0 Å². The number of likely N-dealkylation sites (N-methyl/N-ethyl adjacent to an activating group) is 1. The minimum Gasteiger partial charge on any atom is -1.00 e. The molecule has 3 nitrogen and oxygen atoms in total. The second-order valence-corrected chi connectivity index (χ2v) is 8.06. The van der Waals surface area contributed by atoms with E-state index in [4.69, 9.17) is 9.47 Å². The molecule has 4 rings (SSSR count). The van der Waals surface area contributed by atoms with Gasteiger partial charge in [-0.15, -0.1) is 0 Å². The van der Waals surface area contributed by atoms with Gasteiger partial charge in [-0.05, 0) is 34.0 Å². The molecule has 0 radical (unpaired) electrons. The average Bonchev–Trinajstić information content (AvgIpc) is 2.69. The van der Waals surface area contributed by atoms with Crippen LogP contribution < -0.4 is 33.5 Å². The Kier molecular flexibility index (Phi) is 6.20. The van der Waals surface area contributed by atoms with Crippen molar-refractivity contribution in [2.45, 2.75) is 18.9 Å². The summed E-state index contributed by atoms with van der Waals surface area (Å²) in [6, 6.07) is 20.2. The van der Waals surface area contributed by atoms with Crippen LogP contribution in [0.3, 0.4) is 0 Å². The van der Waals surface area contributed by atoms with Crippen molar-refractivity contribution in [2.24, 2.45) is 0 Å². The van der Waals surface area contributed by atoms with Crippen LogP contribution >= 0.6 is 0 Å². The fourth-order valence-corrected chi connectivity index (χ4v) is 4.35. The molecule has 0 bridgehead atoms. The van der Waals surface area contributed by atoms with E-state index in [-0.39, 0.29) is 24.0 Å². The maximum Gasteiger partial charge on any atom is 0.161 e. The minimum absolute atomic E-state index is 0. The predicted molar refractivity (Wildman–Crippen MR) is 111 cm³/mol. The maximum atomic E-state index is 5.59. The van der Waals surface area contributed by atoms with E-state index in [9.17, 15) is 0 Å². The normalized spacial score (nSPS) is 17.5. The molecule has 148 valence electrons. The standard InChI is InChI=1S/C24H28NO2.HI/c1-25(2)12-11-20-15-23(26-3)24(27-4)16-21(20)22(25)14-17-9-10-18-7-5-6-8-19(18)13-17;/h5-10,13,15-16,22H,11-12,14H2,1-4H3;1H/q+1;/p-1. The van der Waals surface area contributed by atoms with Gasteiger partial charge in [-0.3, -0.25) is 0 Å². The molecule has 0 fully saturated rings. The van der Waals surface area contributed by atoms with Crippen molar-refractivity contribution >= 4 is 10.8 Å². The molecule has 0 N–H and O–H groups in total. The largest absolute Gasteiger partial charge is 1.00 e. The van der Waals surface area contributed by atoms with E-state index < -0.39 is 0 Å². The molecule has 0 saturated heterocycles. The number of halogens is 1. The van der Waals surface area contributed by atoms with Crippen molar-refractivity contribution in [1.82, 2.24) is 0 Å². The van der Waals surface area contributed by atoms with Crippen LogP contribution in [0.2, 0.25) is 0 Å². The summed E-state index contributed by atoms with van der Waals surface area (Å²) in [6.07, 6.45) is 2.08. The van der Waals surface area contributed by atoms with Crippen LogP contribution in [0.25, 0.3) is 10.8 Å². The van der Waals surface area contributed by atoms with E-state index in [1.807, 2.05) is 0 Å². The Bertz CT molecular complexity index is 984. The lowest BCUT2D eigenvalue weighted by atomic mass is 9.86. The second kappa shape index (κ2) is 8.29. The highest BCUT2D eigenvalue weighted by Gasteiger charge is 2.36. The summed E-state index contributed by atoms with van der Waals surface area (Å²) in [5, 5.41) is 2.61. The van der Waals surface area contributed by atoms with Crippen molar-refractivity contribution in [3.63, 3.8) is 0 Å². The number of methoxy groups -OCH3 is 2. The maximum absolute atomic E-state index is 5.59. The van der Waals surface area contributed by atoms with Crippen LogP contribution in [-0.2, 0) is 12.8 Å². The molecular formula is C24H28INO2. The Morgan fingerprint density at radius 1 is 0.893 bits per heavy atom. The topological polar surface area (TPSA) is 18.5 Å². The molecular weight excluding hydrogens is 461 g/mol. The molecule has 1 heterocycles. The van der Waals surface area contributed by atoms with Gasteiger partial charge in [0.05, 0.1) is 34.9 Å². The van der Waals surface area contributed by atoms with Gasteiger partial charge >= 0.3 is 0 Å². The van der Waals surface area contributed by atoms with Gasteiger partial charge in [0.2, 0.25) is 0 Å². The highest BCUT2D eigenvalue weighted by atomic mass is 127. The third kappa shape index (κ3) is 3.85. The zero-order valence-electron chi connectivity index (χ0n) is 17.0. The SMILES string of the molecule is COc1cc2c(cc1OC)C(Cc1ccc3ccccc3c1)[N+](C)(C)CC2.[I-]. The van der Waals surface area contributed by atoms with Crippen molar-refractivity contribution in [1.29, 1.82) is 0 Å². The lowest BCUT2D eigenvalue weighted by molar-refractivity contribution is -0.923. The molecule has 0 spiro atoms. The number of ether oxygens (including phenoxy) is 2. The minimum atomic E-state index is 0. The third-order valence-electron chi connectivity index (χ3n) is 6.05. The smallest absolute Gasteiger partial charge is 0.161 e. The molecule has 1 aliphatic heterocycles. The highest BCUT2D eigenvalue weighted by molar-refractivity contribution is 5.83. The van der Waals surface area contributed by atoms with E-state index in [1.165, 1.54) is 27.5 Å². The van der Waals surface area contributed by atoms with Crippen LogP contribution in [-0.4, -0.2) is 39.3 Å².